The van der Waals surface area contributed by atoms with E-state index in [0.717, 1.165) is 32.0 Å². The summed E-state index contributed by atoms with van der Waals surface area (Å²) >= 11 is 12.5. The lowest BCUT2D eigenvalue weighted by atomic mass is 10.0. The van der Waals surface area contributed by atoms with Gasteiger partial charge in [-0.2, -0.15) is 0 Å². The molecule has 8 heteroatoms. The number of rotatable bonds is 4. The van der Waals surface area contributed by atoms with Crippen LogP contribution in [-0.2, 0) is 6.54 Å². The van der Waals surface area contributed by atoms with E-state index in [1.165, 1.54) is 0 Å². The molecule has 1 N–H and O–H groups in total. The Morgan fingerprint density at radius 3 is 2.45 bits per heavy atom. The van der Waals surface area contributed by atoms with Crippen LogP contribution >= 0.6 is 23.2 Å². The second kappa shape index (κ2) is 9.06. The highest BCUT2D eigenvalue weighted by atomic mass is 35.5. The lowest BCUT2D eigenvalue weighted by Gasteiger charge is -2.35. The standard InChI is InChI=1S/C25H21Cl2N3O3/c26-19-4-3-5-20(27)17(19)14-22-24(32)16-7-8-21(31)18(25(16)33-22)15-29-10-12-30(13-11-29)23-6-1-2-9-28-23/h1-9,14,31H,10-13,15H2/b22-14-. The molecule has 1 aromatic heterocycles. The number of ketones is 1. The maximum Gasteiger partial charge on any atom is 0.231 e. The highest BCUT2D eigenvalue weighted by molar-refractivity contribution is 6.37. The van der Waals surface area contributed by atoms with Gasteiger partial charge in [-0.15, -0.1) is 0 Å². The van der Waals surface area contributed by atoms with Gasteiger partial charge in [0.05, 0.1) is 11.1 Å². The van der Waals surface area contributed by atoms with Gasteiger partial charge in [0.25, 0.3) is 0 Å². The molecule has 0 unspecified atom stereocenters. The number of allylic oxidation sites excluding steroid dienone is 1. The minimum Gasteiger partial charge on any atom is -0.507 e. The van der Waals surface area contributed by atoms with Gasteiger partial charge in [0.15, 0.2) is 5.76 Å². The second-order valence-corrected chi connectivity index (χ2v) is 8.78. The van der Waals surface area contributed by atoms with Crippen LogP contribution in [0.4, 0.5) is 5.82 Å². The fourth-order valence-electron chi connectivity index (χ4n) is 4.13. The fraction of sp³-hybridized carbons (Fsp3) is 0.200. The molecular weight excluding hydrogens is 461 g/mol. The number of aromatic nitrogens is 1. The van der Waals surface area contributed by atoms with Crippen LogP contribution in [0.5, 0.6) is 11.5 Å². The van der Waals surface area contributed by atoms with Gasteiger partial charge in [-0.3, -0.25) is 9.69 Å². The normalized spacial score (nSPS) is 17.3. The van der Waals surface area contributed by atoms with E-state index in [1.54, 1.807) is 42.6 Å². The number of nitrogens with zero attached hydrogens (tertiary/aromatic N) is 3. The van der Waals surface area contributed by atoms with Crippen molar-refractivity contribution in [3.63, 3.8) is 0 Å². The van der Waals surface area contributed by atoms with Crippen molar-refractivity contribution in [1.29, 1.82) is 0 Å². The van der Waals surface area contributed by atoms with Crippen LogP contribution in [0.2, 0.25) is 10.0 Å². The summed E-state index contributed by atoms with van der Waals surface area (Å²) in [4.78, 5) is 21.9. The van der Waals surface area contributed by atoms with E-state index < -0.39 is 0 Å². The second-order valence-electron chi connectivity index (χ2n) is 7.97. The van der Waals surface area contributed by atoms with Gasteiger partial charge >= 0.3 is 0 Å². The summed E-state index contributed by atoms with van der Waals surface area (Å²) < 4.78 is 5.96. The predicted octanol–water partition coefficient (Wildman–Crippen LogP) is 5.03. The van der Waals surface area contributed by atoms with Gasteiger partial charge in [0.1, 0.15) is 17.3 Å². The summed E-state index contributed by atoms with van der Waals surface area (Å²) in [6, 6.07) is 14.2. The zero-order chi connectivity index (χ0) is 22.9. The molecule has 33 heavy (non-hydrogen) atoms. The number of benzene rings is 2. The molecule has 0 spiro atoms. The van der Waals surface area contributed by atoms with Crippen molar-refractivity contribution in [1.82, 2.24) is 9.88 Å². The van der Waals surface area contributed by atoms with Gasteiger partial charge in [0.2, 0.25) is 5.78 Å². The molecule has 168 valence electrons. The number of carbonyl (C=O) groups excluding carboxylic acids is 1. The molecule has 0 atom stereocenters. The molecule has 0 saturated carbocycles. The van der Waals surface area contributed by atoms with Gasteiger partial charge in [0, 0.05) is 54.5 Å². The number of hydrogen-bond donors (Lipinski definition) is 1. The summed E-state index contributed by atoms with van der Waals surface area (Å²) in [7, 11) is 0. The molecule has 0 aliphatic carbocycles. The molecule has 1 saturated heterocycles. The molecule has 3 heterocycles. The van der Waals surface area contributed by atoms with Gasteiger partial charge < -0.3 is 14.7 Å². The summed E-state index contributed by atoms with van der Waals surface area (Å²) in [6.45, 7) is 3.71. The number of piperazine rings is 1. The first-order valence-corrected chi connectivity index (χ1v) is 11.4. The topological polar surface area (TPSA) is 65.9 Å². The minimum atomic E-state index is -0.262. The van der Waals surface area contributed by atoms with E-state index in [4.69, 9.17) is 27.9 Å². The largest absolute Gasteiger partial charge is 0.507 e. The number of ether oxygens (including phenoxy) is 1. The van der Waals surface area contributed by atoms with Crippen molar-refractivity contribution >= 4 is 40.9 Å². The Balaban J connectivity index is 1.36. The number of carbonyl (C=O) groups is 1. The van der Waals surface area contributed by atoms with Crippen LogP contribution in [0.15, 0.2) is 60.5 Å². The molecule has 5 rings (SSSR count). The Kier molecular flexibility index (Phi) is 5.98. The third-order valence-corrected chi connectivity index (χ3v) is 6.58. The predicted molar refractivity (Wildman–Crippen MR) is 129 cm³/mol. The average molecular weight is 482 g/mol. The highest BCUT2D eigenvalue weighted by Crippen LogP contribution is 2.41. The fourth-order valence-corrected chi connectivity index (χ4v) is 4.64. The van der Waals surface area contributed by atoms with Crippen molar-refractivity contribution in [2.75, 3.05) is 31.1 Å². The average Bonchev–Trinajstić information content (AvgIpc) is 3.15. The summed E-state index contributed by atoms with van der Waals surface area (Å²) in [5.74, 6) is 1.32. The molecule has 2 aliphatic heterocycles. The molecule has 1 fully saturated rings. The quantitative estimate of drug-likeness (QED) is 0.527. The smallest absolute Gasteiger partial charge is 0.231 e. The minimum absolute atomic E-state index is 0.103. The number of hydrogen-bond acceptors (Lipinski definition) is 6. The Bertz CT molecular complexity index is 1220. The van der Waals surface area contributed by atoms with E-state index in [2.05, 4.69) is 14.8 Å². The lowest BCUT2D eigenvalue weighted by molar-refractivity contribution is 0.101. The lowest BCUT2D eigenvalue weighted by Crippen LogP contribution is -2.46. The molecular formula is C25H21Cl2N3O3. The van der Waals surface area contributed by atoms with E-state index in [-0.39, 0.29) is 17.3 Å². The Morgan fingerprint density at radius 1 is 1.00 bits per heavy atom. The SMILES string of the molecule is O=C1/C(=C/c2c(Cl)cccc2Cl)Oc2c1ccc(O)c2CN1CCN(c2ccccn2)CC1. The van der Waals surface area contributed by atoms with Crippen molar-refractivity contribution in [3.05, 3.63) is 87.2 Å². The summed E-state index contributed by atoms with van der Waals surface area (Å²) in [6.07, 6.45) is 3.35. The molecule has 0 radical (unpaired) electrons. The molecule has 0 amide bonds. The van der Waals surface area contributed by atoms with Gasteiger partial charge in [-0.05, 0) is 42.5 Å². The number of phenols is 1. The van der Waals surface area contributed by atoms with E-state index >= 15 is 0 Å². The number of phenolic OH excluding ortho intramolecular Hbond substituents is 1. The molecule has 2 aliphatic rings. The first kappa shape index (κ1) is 21.8. The Morgan fingerprint density at radius 2 is 1.76 bits per heavy atom. The Hall–Kier alpha value is -3.06. The first-order chi connectivity index (χ1) is 16.0. The van der Waals surface area contributed by atoms with Crippen LogP contribution in [-0.4, -0.2) is 47.0 Å². The number of anilines is 1. The van der Waals surface area contributed by atoms with E-state index in [0.29, 0.717) is 39.0 Å². The van der Waals surface area contributed by atoms with Crippen molar-refractivity contribution in [3.8, 4) is 11.5 Å². The van der Waals surface area contributed by atoms with Crippen LogP contribution in [0.25, 0.3) is 6.08 Å². The number of aromatic hydroxyl groups is 1. The zero-order valence-corrected chi connectivity index (χ0v) is 19.2. The molecule has 2 aromatic carbocycles. The number of Topliss-reactive ketones (excluding diaryl/α,β-unsaturated/α-hetero) is 1. The van der Waals surface area contributed by atoms with Crippen molar-refractivity contribution in [2.24, 2.45) is 0 Å². The van der Waals surface area contributed by atoms with Gasteiger partial charge in [-0.1, -0.05) is 35.3 Å². The van der Waals surface area contributed by atoms with Crippen molar-refractivity contribution in [2.45, 2.75) is 6.54 Å². The molecule has 6 nitrogen and oxygen atoms in total. The zero-order valence-electron chi connectivity index (χ0n) is 17.7. The first-order valence-electron chi connectivity index (χ1n) is 10.6. The maximum absolute atomic E-state index is 13.0. The summed E-state index contributed by atoms with van der Waals surface area (Å²) in [5, 5.41) is 11.4. The van der Waals surface area contributed by atoms with Gasteiger partial charge in [-0.25, -0.2) is 4.98 Å². The number of fused-ring (bicyclic) bond motifs is 1. The van der Waals surface area contributed by atoms with Crippen LogP contribution in [0.1, 0.15) is 21.5 Å². The number of halogens is 2. The summed E-state index contributed by atoms with van der Waals surface area (Å²) in [5.41, 5.74) is 1.54. The molecule has 3 aromatic rings. The maximum atomic E-state index is 13.0. The van der Waals surface area contributed by atoms with E-state index in [1.807, 2.05) is 18.2 Å². The van der Waals surface area contributed by atoms with Crippen LogP contribution < -0.4 is 9.64 Å². The monoisotopic (exact) mass is 481 g/mol. The van der Waals surface area contributed by atoms with Crippen LogP contribution in [0.3, 0.4) is 0 Å². The highest BCUT2D eigenvalue weighted by Gasteiger charge is 2.32. The number of pyridine rings is 1. The van der Waals surface area contributed by atoms with Crippen LogP contribution in [0, 0.1) is 0 Å². The van der Waals surface area contributed by atoms with E-state index in [9.17, 15) is 9.90 Å². The van der Waals surface area contributed by atoms with Crippen molar-refractivity contribution < 1.29 is 14.6 Å². The molecule has 0 bridgehead atoms. The Labute approximate surface area is 201 Å². The third-order valence-electron chi connectivity index (χ3n) is 5.92. The third kappa shape index (κ3) is 4.29.